The van der Waals surface area contributed by atoms with Gasteiger partial charge in [0.05, 0.1) is 18.3 Å². The third kappa shape index (κ3) is 2.50. The molecule has 0 aromatic carbocycles. The summed E-state index contributed by atoms with van der Waals surface area (Å²) in [5.41, 5.74) is 0.145. The molecule has 1 saturated heterocycles. The molecule has 2 atom stereocenters. The topological polar surface area (TPSA) is 42.4 Å². The van der Waals surface area contributed by atoms with E-state index in [2.05, 4.69) is 16.8 Å². The number of ether oxygens (including phenoxy) is 1. The van der Waals surface area contributed by atoms with Crippen LogP contribution in [0.4, 0.5) is 4.39 Å². The van der Waals surface area contributed by atoms with Crippen LogP contribution in [0.1, 0.15) is 12.0 Å². The van der Waals surface area contributed by atoms with E-state index in [1.165, 1.54) is 6.20 Å². The Balaban J connectivity index is 2.17. The molecule has 0 amide bonds. The monoisotopic (exact) mass is 241 g/mol. The zero-order valence-electron chi connectivity index (χ0n) is 8.28. The van der Waals surface area contributed by atoms with Gasteiger partial charge in [-0.25, -0.2) is 9.37 Å². The van der Waals surface area contributed by atoms with Gasteiger partial charge in [-0.1, -0.05) is 23.4 Å². The largest absolute Gasteiger partial charge is 0.389 e. The molecule has 0 spiro atoms. The summed E-state index contributed by atoms with van der Waals surface area (Å²) in [7, 11) is 0. The Hall–Kier alpha value is -1.15. The summed E-state index contributed by atoms with van der Waals surface area (Å²) >= 11 is 5.50. The number of nitrogens with zero attached hydrogens (tertiary/aromatic N) is 1. The SMILES string of the molecule is OC1CCOC1C#Cc1cnc(Cl)cc1F. The molecule has 0 radical (unpaired) electrons. The highest BCUT2D eigenvalue weighted by Crippen LogP contribution is 2.13. The molecule has 0 saturated carbocycles. The Kier molecular flexibility index (Phi) is 3.39. The maximum Gasteiger partial charge on any atom is 0.144 e. The minimum atomic E-state index is -0.601. The van der Waals surface area contributed by atoms with E-state index in [9.17, 15) is 9.50 Å². The van der Waals surface area contributed by atoms with Crippen LogP contribution in [0.2, 0.25) is 5.15 Å². The molecule has 2 heterocycles. The zero-order valence-corrected chi connectivity index (χ0v) is 9.04. The molecule has 84 valence electrons. The molecule has 1 aromatic heterocycles. The number of rotatable bonds is 0. The standard InChI is InChI=1S/C11H9ClFNO2/c12-11-5-8(13)7(6-14-11)1-2-10-9(15)3-4-16-10/h5-6,9-10,15H,3-4H2. The number of aliphatic hydroxyl groups is 1. The van der Waals surface area contributed by atoms with Crippen LogP contribution in [-0.4, -0.2) is 28.9 Å². The van der Waals surface area contributed by atoms with Crippen LogP contribution >= 0.6 is 11.6 Å². The average Bonchev–Trinajstić information content (AvgIpc) is 2.63. The predicted molar refractivity (Wildman–Crippen MR) is 56.4 cm³/mol. The highest BCUT2D eigenvalue weighted by Gasteiger charge is 2.23. The lowest BCUT2D eigenvalue weighted by Crippen LogP contribution is -2.18. The van der Waals surface area contributed by atoms with Gasteiger partial charge in [-0.3, -0.25) is 0 Å². The second-order valence-corrected chi connectivity index (χ2v) is 3.79. The Labute approximate surface area is 97.2 Å². The summed E-state index contributed by atoms with van der Waals surface area (Å²) in [5, 5.41) is 9.51. The smallest absolute Gasteiger partial charge is 0.144 e. The van der Waals surface area contributed by atoms with Crippen LogP contribution in [0.15, 0.2) is 12.3 Å². The molecule has 16 heavy (non-hydrogen) atoms. The molecular weight excluding hydrogens is 233 g/mol. The van der Waals surface area contributed by atoms with Gasteiger partial charge in [0.1, 0.15) is 17.1 Å². The first-order valence-electron chi connectivity index (χ1n) is 4.79. The van der Waals surface area contributed by atoms with E-state index < -0.39 is 18.0 Å². The van der Waals surface area contributed by atoms with Crippen LogP contribution in [0, 0.1) is 17.7 Å². The molecule has 3 nitrogen and oxygen atoms in total. The highest BCUT2D eigenvalue weighted by molar-refractivity contribution is 6.29. The maximum absolute atomic E-state index is 13.3. The second kappa shape index (κ2) is 4.79. The summed E-state index contributed by atoms with van der Waals surface area (Å²) in [6.45, 7) is 0.474. The molecule has 1 N–H and O–H groups in total. The van der Waals surface area contributed by atoms with E-state index in [0.29, 0.717) is 13.0 Å². The molecule has 0 bridgehead atoms. The van der Waals surface area contributed by atoms with Gasteiger partial charge in [0.25, 0.3) is 0 Å². The van der Waals surface area contributed by atoms with Gasteiger partial charge in [0, 0.05) is 18.7 Å². The van der Waals surface area contributed by atoms with Crippen molar-refractivity contribution in [1.82, 2.24) is 4.98 Å². The summed E-state index contributed by atoms with van der Waals surface area (Å²) in [6, 6.07) is 1.09. The summed E-state index contributed by atoms with van der Waals surface area (Å²) < 4.78 is 18.4. The van der Waals surface area contributed by atoms with Crippen LogP contribution in [-0.2, 0) is 4.74 Å². The van der Waals surface area contributed by atoms with Crippen molar-refractivity contribution in [3.05, 3.63) is 28.8 Å². The van der Waals surface area contributed by atoms with Crippen molar-refractivity contribution in [2.75, 3.05) is 6.61 Å². The first-order chi connectivity index (χ1) is 7.66. The van der Waals surface area contributed by atoms with Gasteiger partial charge in [-0.15, -0.1) is 0 Å². The van der Waals surface area contributed by atoms with E-state index in [1.807, 2.05) is 0 Å². The van der Waals surface area contributed by atoms with E-state index in [1.54, 1.807) is 0 Å². The lowest BCUT2D eigenvalue weighted by molar-refractivity contribution is 0.0811. The van der Waals surface area contributed by atoms with Crippen LogP contribution in [0.25, 0.3) is 0 Å². The van der Waals surface area contributed by atoms with Crippen molar-refractivity contribution >= 4 is 11.6 Å². The van der Waals surface area contributed by atoms with E-state index in [0.717, 1.165) is 6.07 Å². The fraction of sp³-hybridized carbons (Fsp3) is 0.364. The van der Waals surface area contributed by atoms with Crippen LogP contribution < -0.4 is 0 Å². The number of halogens is 2. The first kappa shape index (κ1) is 11.3. The van der Waals surface area contributed by atoms with Gasteiger partial charge in [0.2, 0.25) is 0 Å². The fourth-order valence-electron chi connectivity index (χ4n) is 1.36. The van der Waals surface area contributed by atoms with Gasteiger partial charge in [-0.05, 0) is 0 Å². The lowest BCUT2D eigenvalue weighted by atomic mass is 10.2. The Morgan fingerprint density at radius 1 is 1.62 bits per heavy atom. The zero-order chi connectivity index (χ0) is 11.5. The van der Waals surface area contributed by atoms with E-state index >= 15 is 0 Å². The van der Waals surface area contributed by atoms with E-state index in [-0.39, 0.29) is 10.7 Å². The Morgan fingerprint density at radius 2 is 2.44 bits per heavy atom. The quantitative estimate of drug-likeness (QED) is 0.551. The third-order valence-electron chi connectivity index (χ3n) is 2.23. The van der Waals surface area contributed by atoms with Gasteiger partial charge in [-0.2, -0.15) is 0 Å². The first-order valence-corrected chi connectivity index (χ1v) is 5.17. The third-order valence-corrected chi connectivity index (χ3v) is 2.44. The molecule has 2 rings (SSSR count). The summed E-state index contributed by atoms with van der Waals surface area (Å²) in [4.78, 5) is 3.72. The van der Waals surface area contributed by atoms with Crippen molar-refractivity contribution in [2.45, 2.75) is 18.6 Å². The normalized spacial score (nSPS) is 23.9. The Bertz CT molecular complexity index is 455. The van der Waals surface area contributed by atoms with Crippen molar-refractivity contribution in [2.24, 2.45) is 0 Å². The predicted octanol–water partition coefficient (Wildman–Crippen LogP) is 1.38. The number of hydrogen-bond donors (Lipinski definition) is 1. The van der Waals surface area contributed by atoms with Gasteiger partial charge >= 0.3 is 0 Å². The molecule has 2 unspecified atom stereocenters. The molecule has 5 heteroatoms. The molecular formula is C11H9ClFNO2. The van der Waals surface area contributed by atoms with Crippen molar-refractivity contribution in [1.29, 1.82) is 0 Å². The van der Waals surface area contributed by atoms with Gasteiger partial charge < -0.3 is 9.84 Å². The molecule has 1 aromatic rings. The van der Waals surface area contributed by atoms with Crippen molar-refractivity contribution in [3.63, 3.8) is 0 Å². The average molecular weight is 242 g/mol. The van der Waals surface area contributed by atoms with Crippen LogP contribution in [0.5, 0.6) is 0 Å². The molecule has 1 aliphatic heterocycles. The summed E-state index contributed by atoms with van der Waals surface area (Å²) in [5.74, 6) is 4.72. The minimum absolute atomic E-state index is 0.0835. The number of hydrogen-bond acceptors (Lipinski definition) is 3. The van der Waals surface area contributed by atoms with Crippen molar-refractivity contribution < 1.29 is 14.2 Å². The van der Waals surface area contributed by atoms with E-state index in [4.69, 9.17) is 16.3 Å². The number of pyridine rings is 1. The van der Waals surface area contributed by atoms with Gasteiger partial charge in [0.15, 0.2) is 0 Å². The molecule has 1 fully saturated rings. The Morgan fingerprint density at radius 3 is 3.06 bits per heavy atom. The number of aromatic nitrogens is 1. The minimum Gasteiger partial charge on any atom is -0.389 e. The lowest BCUT2D eigenvalue weighted by Gasteiger charge is -2.04. The molecule has 1 aliphatic rings. The second-order valence-electron chi connectivity index (χ2n) is 3.40. The maximum atomic E-state index is 13.3. The number of aliphatic hydroxyl groups excluding tert-OH is 1. The summed E-state index contributed by atoms with van der Waals surface area (Å²) in [6.07, 6.45) is 0.665. The fourth-order valence-corrected chi connectivity index (χ4v) is 1.51. The highest BCUT2D eigenvalue weighted by atomic mass is 35.5. The van der Waals surface area contributed by atoms with Crippen molar-refractivity contribution in [3.8, 4) is 11.8 Å². The molecule has 0 aliphatic carbocycles. The van der Waals surface area contributed by atoms with Crippen LogP contribution in [0.3, 0.4) is 0 Å².